The Bertz CT molecular complexity index is 1190. The van der Waals surface area contributed by atoms with Crippen molar-refractivity contribution in [3.8, 4) is 0 Å². The van der Waals surface area contributed by atoms with Crippen molar-refractivity contribution in [2.24, 2.45) is 29.6 Å². The first-order valence-corrected chi connectivity index (χ1v) is 14.8. The van der Waals surface area contributed by atoms with E-state index in [2.05, 4.69) is 0 Å². The molecule has 0 unspecified atom stereocenters. The van der Waals surface area contributed by atoms with Crippen LogP contribution in [-0.4, -0.2) is 78.2 Å². The van der Waals surface area contributed by atoms with Gasteiger partial charge in [-0.15, -0.1) is 11.6 Å². The number of methoxy groups -OCH3 is 1. The lowest BCUT2D eigenvalue weighted by Crippen LogP contribution is -2.57. The maximum Gasteiger partial charge on any atom is 0.335 e. The number of aliphatic hydroxyl groups excluding tert-OH is 1. The number of alkyl halides is 1. The maximum atomic E-state index is 13.4. The minimum atomic E-state index is -0.976. The minimum Gasteiger partial charge on any atom is -0.458 e. The quantitative estimate of drug-likeness (QED) is 0.215. The summed E-state index contributed by atoms with van der Waals surface area (Å²) < 4.78 is 30.0. The first-order chi connectivity index (χ1) is 19.5. The Hall–Kier alpha value is -2.46. The lowest BCUT2D eigenvalue weighted by molar-refractivity contribution is -0.178. The zero-order chi connectivity index (χ0) is 29.6. The lowest BCUT2D eigenvalue weighted by atomic mass is 9.57. The van der Waals surface area contributed by atoms with Crippen LogP contribution in [0.1, 0.15) is 40.5 Å². The summed E-state index contributed by atoms with van der Waals surface area (Å²) in [7, 11) is 1.45. The fourth-order valence-electron chi connectivity index (χ4n) is 7.59. The van der Waals surface area contributed by atoms with Crippen LogP contribution >= 0.6 is 11.6 Å². The third-order valence-corrected chi connectivity index (χ3v) is 9.78. The molecule has 2 aliphatic heterocycles. The third kappa shape index (κ3) is 5.09. The second-order valence-electron chi connectivity index (χ2n) is 11.9. The summed E-state index contributed by atoms with van der Waals surface area (Å²) in [6.07, 6.45) is 7.80. The van der Waals surface area contributed by atoms with Gasteiger partial charge < -0.3 is 28.8 Å². The van der Waals surface area contributed by atoms with Crippen molar-refractivity contribution in [2.75, 3.05) is 13.0 Å². The number of hydrogen-bond acceptors (Lipinski definition) is 9. The molecule has 0 radical (unpaired) electrons. The van der Waals surface area contributed by atoms with E-state index in [0.29, 0.717) is 12.0 Å². The smallest absolute Gasteiger partial charge is 0.335 e. The zero-order valence-corrected chi connectivity index (χ0v) is 24.8. The highest BCUT2D eigenvalue weighted by Gasteiger charge is 2.69. The first-order valence-electron chi connectivity index (χ1n) is 14.3. The number of aliphatic hydroxyl groups is 1. The van der Waals surface area contributed by atoms with Crippen LogP contribution in [0.5, 0.6) is 0 Å². The molecule has 0 aromatic heterocycles. The highest BCUT2D eigenvalue weighted by molar-refractivity contribution is 6.26. The van der Waals surface area contributed by atoms with Gasteiger partial charge in [0.1, 0.15) is 35.9 Å². The number of ether oxygens (including phenoxy) is 5. The molecule has 0 aromatic carbocycles. The topological polar surface area (TPSA) is 118 Å². The molecule has 3 aliphatic carbocycles. The highest BCUT2D eigenvalue weighted by Crippen LogP contribution is 2.61. The van der Waals surface area contributed by atoms with E-state index in [1.807, 2.05) is 51.2 Å². The summed E-state index contributed by atoms with van der Waals surface area (Å²) in [6.45, 7) is 7.40. The summed E-state index contributed by atoms with van der Waals surface area (Å²) in [5, 5.41) is 11.8. The molecule has 5 aliphatic rings. The van der Waals surface area contributed by atoms with Gasteiger partial charge in [0.15, 0.2) is 6.10 Å². The molecule has 41 heavy (non-hydrogen) atoms. The van der Waals surface area contributed by atoms with E-state index in [9.17, 15) is 19.5 Å². The molecule has 1 saturated heterocycles. The van der Waals surface area contributed by atoms with Crippen molar-refractivity contribution in [3.05, 3.63) is 47.6 Å². The van der Waals surface area contributed by atoms with Crippen LogP contribution in [0.3, 0.4) is 0 Å². The van der Waals surface area contributed by atoms with E-state index in [1.165, 1.54) is 7.11 Å². The number of halogens is 1. The Kier molecular flexibility index (Phi) is 8.54. The number of allylic oxidation sites excluding steroid dienone is 3. The normalized spacial score (nSPS) is 43.2. The molecule has 9 nitrogen and oxygen atoms in total. The molecular formula is C31H39ClO9. The van der Waals surface area contributed by atoms with Gasteiger partial charge in [-0.2, -0.15) is 0 Å². The van der Waals surface area contributed by atoms with Gasteiger partial charge in [0.05, 0.1) is 6.10 Å². The fraction of sp³-hybridized carbons (Fsp3) is 0.645. The minimum absolute atomic E-state index is 0.195. The van der Waals surface area contributed by atoms with Gasteiger partial charge in [0, 0.05) is 42.3 Å². The van der Waals surface area contributed by atoms with Crippen LogP contribution in [0.25, 0.3) is 0 Å². The van der Waals surface area contributed by atoms with Gasteiger partial charge in [-0.3, -0.25) is 4.79 Å². The second-order valence-corrected chi connectivity index (χ2v) is 12.2. The summed E-state index contributed by atoms with van der Waals surface area (Å²) in [6, 6.07) is 0. The fourth-order valence-corrected chi connectivity index (χ4v) is 7.65. The molecule has 1 saturated carbocycles. The van der Waals surface area contributed by atoms with Crippen LogP contribution in [0, 0.1) is 29.6 Å². The summed E-state index contributed by atoms with van der Waals surface area (Å²) in [5.74, 6) is -3.52. The molecule has 10 heteroatoms. The van der Waals surface area contributed by atoms with Gasteiger partial charge >= 0.3 is 17.9 Å². The van der Waals surface area contributed by atoms with Crippen molar-refractivity contribution in [3.63, 3.8) is 0 Å². The van der Waals surface area contributed by atoms with Crippen molar-refractivity contribution < 1.29 is 43.2 Å². The number of esters is 3. The average Bonchev–Trinajstić information content (AvgIpc) is 3.55. The van der Waals surface area contributed by atoms with E-state index in [-0.39, 0.29) is 41.9 Å². The Morgan fingerprint density at radius 3 is 2.68 bits per heavy atom. The van der Waals surface area contributed by atoms with Gasteiger partial charge in [-0.25, -0.2) is 9.59 Å². The lowest BCUT2D eigenvalue weighted by Gasteiger charge is -2.49. The van der Waals surface area contributed by atoms with E-state index in [1.54, 1.807) is 13.0 Å². The Balaban J connectivity index is 1.54. The molecule has 224 valence electrons. The van der Waals surface area contributed by atoms with Crippen LogP contribution in [0.2, 0.25) is 0 Å². The number of rotatable bonds is 6. The number of carbonyl (C=O) groups excluding carboxylic acids is 3. The van der Waals surface area contributed by atoms with E-state index in [0.717, 1.165) is 5.57 Å². The van der Waals surface area contributed by atoms with Crippen LogP contribution in [0.15, 0.2) is 47.6 Å². The maximum absolute atomic E-state index is 13.4. The summed E-state index contributed by atoms with van der Waals surface area (Å²) in [4.78, 5) is 38.3. The molecule has 2 fully saturated rings. The average molecular weight is 591 g/mol. The Morgan fingerprint density at radius 1 is 1.27 bits per heavy atom. The van der Waals surface area contributed by atoms with Crippen LogP contribution in [0.4, 0.5) is 0 Å². The van der Waals surface area contributed by atoms with Gasteiger partial charge in [-0.05, 0) is 32.3 Å². The molecule has 1 spiro atoms. The number of hydrogen-bond donors (Lipinski definition) is 1. The van der Waals surface area contributed by atoms with Crippen molar-refractivity contribution >= 4 is 29.5 Å². The van der Waals surface area contributed by atoms with Crippen LogP contribution in [-0.2, 0) is 38.1 Å². The van der Waals surface area contributed by atoms with E-state index in [4.69, 9.17) is 35.3 Å². The third-order valence-electron chi connectivity index (χ3n) is 9.57. The first kappa shape index (κ1) is 30.0. The predicted molar refractivity (Wildman–Crippen MR) is 149 cm³/mol. The highest BCUT2D eigenvalue weighted by atomic mass is 35.5. The Morgan fingerprint density at radius 2 is 2.02 bits per heavy atom. The molecule has 4 bridgehead atoms. The monoisotopic (exact) mass is 590 g/mol. The van der Waals surface area contributed by atoms with Gasteiger partial charge in [-0.1, -0.05) is 50.3 Å². The zero-order valence-electron chi connectivity index (χ0n) is 24.0. The van der Waals surface area contributed by atoms with E-state index >= 15 is 0 Å². The molecule has 1 N–H and O–H groups in total. The van der Waals surface area contributed by atoms with Gasteiger partial charge in [0.25, 0.3) is 0 Å². The van der Waals surface area contributed by atoms with E-state index < -0.39 is 60.1 Å². The SMILES string of the molecule is CO[C@H]1C[C@H]2C=C[C@H]3[C@H]4O[C@]2(/C(C)=C/[C@@H](C)[C@@H]([C@@H](C)OC(=O)CCl)OC1=O)[C@@H]3[C@H](O)[C@@H](C)[C@H]4OC(=O)C1=CC=CC1. The molecule has 0 amide bonds. The molecule has 12 atom stereocenters. The summed E-state index contributed by atoms with van der Waals surface area (Å²) >= 11 is 5.65. The van der Waals surface area contributed by atoms with Crippen molar-refractivity contribution in [2.45, 2.75) is 82.8 Å². The number of carbonyl (C=O) groups is 3. The molecule has 2 heterocycles. The molecule has 5 rings (SSSR count). The second kappa shape index (κ2) is 11.7. The van der Waals surface area contributed by atoms with Gasteiger partial charge in [0.2, 0.25) is 0 Å². The molecular weight excluding hydrogens is 552 g/mol. The van der Waals surface area contributed by atoms with Crippen molar-refractivity contribution in [1.29, 1.82) is 0 Å². The molecule has 0 aromatic rings. The predicted octanol–water partition coefficient (Wildman–Crippen LogP) is 3.43. The Labute approximate surface area is 245 Å². The summed E-state index contributed by atoms with van der Waals surface area (Å²) in [5.41, 5.74) is 0.462. The van der Waals surface area contributed by atoms with Crippen molar-refractivity contribution in [1.82, 2.24) is 0 Å². The standard InChI is InChI=1S/C31H39ClO9/c1-15-12-16(2)31-20(13-22(37-5)30(36)39-26(15)18(4)38-23(33)14-32)10-11-21-24(31)25(34)17(3)27(28(21)41-31)40-29(35)19-8-6-7-9-19/h6-8,10-12,15,17-18,20-22,24-28,34H,9,13-14H2,1-5H3/b16-12+/t15-,17-,18-,20-,21-,22+,24+,25-,26+,27-,28-,31+/m1/s1. The largest absolute Gasteiger partial charge is 0.458 e. The number of cyclic esters (lactones) is 1. The van der Waals surface area contributed by atoms with Crippen LogP contribution < -0.4 is 0 Å².